The van der Waals surface area contributed by atoms with E-state index in [1.165, 1.54) is 30.5 Å². The van der Waals surface area contributed by atoms with E-state index in [0.717, 1.165) is 4.68 Å². The largest absolute Gasteiger partial charge is 0.467 e. The summed E-state index contributed by atoms with van der Waals surface area (Å²) in [6, 6.07) is 7.68. The Hall–Kier alpha value is -3.30. The number of aromatic nitrogens is 2. The van der Waals surface area contributed by atoms with Crippen LogP contribution in [0.25, 0.3) is 0 Å². The van der Waals surface area contributed by atoms with Gasteiger partial charge in [0.2, 0.25) is 0 Å². The van der Waals surface area contributed by atoms with Crippen LogP contribution in [0.5, 0.6) is 0 Å². The van der Waals surface area contributed by atoms with Crippen LogP contribution in [0.1, 0.15) is 40.3 Å². The molecule has 152 valence electrons. The zero-order valence-corrected chi connectivity index (χ0v) is 14.9. The van der Waals surface area contributed by atoms with Crippen molar-refractivity contribution in [2.45, 2.75) is 31.2 Å². The molecule has 3 aromatic rings. The Morgan fingerprint density at radius 2 is 2.07 bits per heavy atom. The van der Waals surface area contributed by atoms with Gasteiger partial charge in [0.05, 0.1) is 12.3 Å². The molecule has 1 aromatic carbocycles. The van der Waals surface area contributed by atoms with Crippen LogP contribution in [0.4, 0.5) is 23.4 Å². The number of hydrogen-bond donors (Lipinski definition) is 2. The van der Waals surface area contributed by atoms with Crippen molar-refractivity contribution in [2.75, 3.05) is 5.32 Å². The van der Waals surface area contributed by atoms with Crippen LogP contribution >= 0.6 is 0 Å². The molecule has 4 rings (SSSR count). The third-order valence-corrected chi connectivity index (χ3v) is 4.71. The Bertz CT molecular complexity index is 1010. The first kappa shape index (κ1) is 19.0. The van der Waals surface area contributed by atoms with E-state index < -0.39 is 30.0 Å². The van der Waals surface area contributed by atoms with Gasteiger partial charge in [0.1, 0.15) is 17.4 Å². The van der Waals surface area contributed by atoms with Crippen LogP contribution < -0.4 is 10.6 Å². The molecular weight excluding hydrogens is 392 g/mol. The van der Waals surface area contributed by atoms with Crippen LogP contribution in [0.3, 0.4) is 0 Å². The van der Waals surface area contributed by atoms with E-state index in [-0.39, 0.29) is 30.0 Å². The lowest BCUT2D eigenvalue weighted by Gasteiger charge is -2.32. The smallest absolute Gasteiger partial charge is 0.410 e. The molecule has 0 bridgehead atoms. The molecule has 1 amide bonds. The molecule has 0 spiro atoms. The Balaban J connectivity index is 1.57. The van der Waals surface area contributed by atoms with Gasteiger partial charge in [-0.2, -0.15) is 18.3 Å². The summed E-state index contributed by atoms with van der Waals surface area (Å²) in [6.45, 7) is -0.112. The number of anilines is 1. The molecule has 2 N–H and O–H groups in total. The summed E-state index contributed by atoms with van der Waals surface area (Å²) in [5.74, 6) is -0.780. The minimum absolute atomic E-state index is 0.0519. The normalized spacial score (nSPS) is 18.8. The highest BCUT2D eigenvalue weighted by Crippen LogP contribution is 2.43. The van der Waals surface area contributed by atoms with Gasteiger partial charge in [-0.15, -0.1) is 0 Å². The summed E-state index contributed by atoms with van der Waals surface area (Å²) in [4.78, 5) is 12.4. The first-order valence-corrected chi connectivity index (χ1v) is 8.80. The van der Waals surface area contributed by atoms with Crippen molar-refractivity contribution in [1.29, 1.82) is 0 Å². The molecule has 29 heavy (non-hydrogen) atoms. The van der Waals surface area contributed by atoms with Crippen LogP contribution in [0.2, 0.25) is 0 Å². The zero-order chi connectivity index (χ0) is 20.6. The maximum Gasteiger partial charge on any atom is 0.410 e. The highest BCUT2D eigenvalue weighted by molar-refractivity contribution is 5.93. The fourth-order valence-electron chi connectivity index (χ4n) is 3.27. The van der Waals surface area contributed by atoms with Gasteiger partial charge in [-0.1, -0.05) is 18.2 Å². The van der Waals surface area contributed by atoms with Crippen molar-refractivity contribution in [3.05, 3.63) is 71.6 Å². The number of fused-ring (bicyclic) bond motifs is 1. The molecule has 0 saturated carbocycles. The number of alkyl halides is 3. The predicted molar refractivity (Wildman–Crippen MR) is 94.6 cm³/mol. The molecule has 0 saturated heterocycles. The third kappa shape index (κ3) is 3.82. The number of carbonyl (C=O) groups is 1. The minimum Gasteiger partial charge on any atom is -0.467 e. The number of carbonyl (C=O) groups excluding carboxylic acids is 1. The number of furan rings is 1. The molecule has 3 heterocycles. The molecule has 6 nitrogen and oxygen atoms in total. The number of amides is 1. The second kappa shape index (κ2) is 7.26. The summed E-state index contributed by atoms with van der Waals surface area (Å²) in [6.07, 6.45) is -3.51. The van der Waals surface area contributed by atoms with Gasteiger partial charge in [-0.3, -0.25) is 4.79 Å². The van der Waals surface area contributed by atoms with Crippen molar-refractivity contribution in [3.8, 4) is 0 Å². The number of nitrogens with one attached hydrogen (secondary N) is 2. The van der Waals surface area contributed by atoms with E-state index in [0.29, 0.717) is 5.76 Å². The highest BCUT2D eigenvalue weighted by Gasteiger charge is 2.47. The number of benzene rings is 1. The maximum atomic E-state index is 13.7. The molecule has 2 unspecified atom stereocenters. The van der Waals surface area contributed by atoms with Crippen molar-refractivity contribution in [1.82, 2.24) is 15.1 Å². The molecule has 1 aliphatic heterocycles. The van der Waals surface area contributed by atoms with E-state index in [1.54, 1.807) is 18.2 Å². The van der Waals surface area contributed by atoms with Gasteiger partial charge in [0, 0.05) is 24.6 Å². The number of halogens is 4. The lowest BCUT2D eigenvalue weighted by Crippen LogP contribution is -2.35. The van der Waals surface area contributed by atoms with Crippen molar-refractivity contribution >= 4 is 11.7 Å². The van der Waals surface area contributed by atoms with Gasteiger partial charge in [-0.25, -0.2) is 9.07 Å². The van der Waals surface area contributed by atoms with E-state index in [1.807, 2.05) is 0 Å². The Morgan fingerprint density at radius 1 is 1.28 bits per heavy atom. The standard InChI is InChI=1S/C19H16F4N4O2/c20-12-5-2-1-4-11(12)10-24-18(28)14-9-17-25-13(15-6-3-7-29-15)8-16(19(21,22)23)27(17)26-14/h1-7,9,13,16,25H,8,10H2,(H,24,28). The number of rotatable bonds is 4. The second-order valence-corrected chi connectivity index (χ2v) is 6.64. The Kier molecular flexibility index (Phi) is 4.77. The van der Waals surface area contributed by atoms with Crippen molar-refractivity contribution in [2.24, 2.45) is 0 Å². The molecule has 2 aromatic heterocycles. The average molecular weight is 408 g/mol. The summed E-state index contributed by atoms with van der Waals surface area (Å²) in [5.41, 5.74) is 0.0622. The molecule has 0 aliphatic carbocycles. The minimum atomic E-state index is -4.56. The van der Waals surface area contributed by atoms with Gasteiger partial charge < -0.3 is 15.1 Å². The van der Waals surface area contributed by atoms with E-state index >= 15 is 0 Å². The molecule has 2 atom stereocenters. The quantitative estimate of drug-likeness (QED) is 0.635. The summed E-state index contributed by atoms with van der Waals surface area (Å²) in [7, 11) is 0. The first-order chi connectivity index (χ1) is 13.8. The summed E-state index contributed by atoms with van der Waals surface area (Å²) in [5, 5.41) is 9.25. The summed E-state index contributed by atoms with van der Waals surface area (Å²) >= 11 is 0. The Labute approximate surface area is 162 Å². The third-order valence-electron chi connectivity index (χ3n) is 4.71. The highest BCUT2D eigenvalue weighted by atomic mass is 19.4. The number of nitrogens with zero attached hydrogens (tertiary/aromatic N) is 2. The van der Waals surface area contributed by atoms with Crippen LogP contribution in [0.15, 0.2) is 53.1 Å². The topological polar surface area (TPSA) is 72.1 Å². The lowest BCUT2D eigenvalue weighted by atomic mass is 10.0. The average Bonchev–Trinajstić information content (AvgIpc) is 3.35. The second-order valence-electron chi connectivity index (χ2n) is 6.64. The number of hydrogen-bond acceptors (Lipinski definition) is 4. The summed E-state index contributed by atoms with van der Waals surface area (Å²) < 4.78 is 60.5. The predicted octanol–water partition coefficient (Wildman–Crippen LogP) is 4.21. The Morgan fingerprint density at radius 3 is 2.76 bits per heavy atom. The monoisotopic (exact) mass is 408 g/mol. The van der Waals surface area contributed by atoms with Crippen molar-refractivity contribution < 1.29 is 26.8 Å². The van der Waals surface area contributed by atoms with Gasteiger partial charge in [0.15, 0.2) is 11.7 Å². The molecule has 0 radical (unpaired) electrons. The zero-order valence-electron chi connectivity index (χ0n) is 14.9. The van der Waals surface area contributed by atoms with Crippen LogP contribution in [-0.4, -0.2) is 21.9 Å². The molecule has 10 heteroatoms. The molecule has 0 fully saturated rings. The molecule has 1 aliphatic rings. The SMILES string of the molecule is O=C(NCc1ccccc1F)c1cc2n(n1)C(C(F)(F)F)CC(c1ccco1)N2. The first-order valence-electron chi connectivity index (χ1n) is 8.80. The fourth-order valence-corrected chi connectivity index (χ4v) is 3.27. The van der Waals surface area contributed by atoms with Gasteiger partial charge >= 0.3 is 6.18 Å². The van der Waals surface area contributed by atoms with Gasteiger partial charge in [0.25, 0.3) is 5.91 Å². The molecular formula is C19H16F4N4O2. The van der Waals surface area contributed by atoms with E-state index in [9.17, 15) is 22.4 Å². The maximum absolute atomic E-state index is 13.7. The van der Waals surface area contributed by atoms with E-state index in [2.05, 4.69) is 15.7 Å². The van der Waals surface area contributed by atoms with Crippen LogP contribution in [-0.2, 0) is 6.54 Å². The van der Waals surface area contributed by atoms with E-state index in [4.69, 9.17) is 4.42 Å². The van der Waals surface area contributed by atoms with Crippen LogP contribution in [0, 0.1) is 5.82 Å². The van der Waals surface area contributed by atoms with Gasteiger partial charge in [-0.05, 0) is 18.2 Å². The lowest BCUT2D eigenvalue weighted by molar-refractivity contribution is -0.174. The van der Waals surface area contributed by atoms with Crippen molar-refractivity contribution in [3.63, 3.8) is 0 Å². The fraction of sp³-hybridized carbons (Fsp3) is 0.263.